The first kappa shape index (κ1) is 20.0. The highest BCUT2D eigenvalue weighted by Gasteiger charge is 2.48. The Balaban J connectivity index is 1.58. The highest BCUT2D eigenvalue weighted by Crippen LogP contribution is 2.53. The normalized spacial score (nSPS) is 25.9. The second-order valence-corrected chi connectivity index (χ2v) is 11.8. The van der Waals surface area contributed by atoms with Gasteiger partial charge in [0.15, 0.2) is 0 Å². The average molecular weight is 403 g/mol. The van der Waals surface area contributed by atoms with Gasteiger partial charge >= 0.3 is 0 Å². The second-order valence-electron chi connectivity index (χ2n) is 11.8. The molecule has 1 unspecified atom stereocenters. The van der Waals surface area contributed by atoms with E-state index in [1.54, 1.807) is 5.56 Å². The van der Waals surface area contributed by atoms with E-state index in [-0.39, 0.29) is 10.8 Å². The van der Waals surface area contributed by atoms with Gasteiger partial charge in [-0.3, -0.25) is 0 Å². The van der Waals surface area contributed by atoms with Crippen molar-refractivity contribution in [3.63, 3.8) is 0 Å². The average Bonchev–Trinajstić information content (AvgIpc) is 3.33. The molecule has 0 amide bonds. The molecule has 3 atom stereocenters. The van der Waals surface area contributed by atoms with Crippen LogP contribution < -0.4 is 9.80 Å². The number of hydrogen-bond donors (Lipinski definition) is 0. The van der Waals surface area contributed by atoms with Crippen LogP contribution in [0.3, 0.4) is 0 Å². The van der Waals surface area contributed by atoms with Crippen LogP contribution in [0.5, 0.6) is 0 Å². The lowest BCUT2D eigenvalue weighted by Gasteiger charge is -2.44. The Morgan fingerprint density at radius 3 is 2.07 bits per heavy atom. The zero-order chi connectivity index (χ0) is 21.3. The van der Waals surface area contributed by atoms with E-state index in [1.807, 2.05) is 0 Å². The molecule has 0 saturated carbocycles. The Labute approximate surface area is 183 Å². The molecule has 3 aliphatic rings. The van der Waals surface area contributed by atoms with E-state index >= 15 is 0 Å². The summed E-state index contributed by atoms with van der Waals surface area (Å²) in [5, 5.41) is 0. The Hall–Kier alpha value is -1.96. The van der Waals surface area contributed by atoms with Gasteiger partial charge in [0.2, 0.25) is 0 Å². The summed E-state index contributed by atoms with van der Waals surface area (Å²) < 4.78 is 0. The van der Waals surface area contributed by atoms with Crippen LogP contribution in [0.1, 0.15) is 83.5 Å². The van der Waals surface area contributed by atoms with Gasteiger partial charge in [0.25, 0.3) is 0 Å². The number of benzene rings is 2. The van der Waals surface area contributed by atoms with Crippen molar-refractivity contribution in [1.29, 1.82) is 0 Å². The van der Waals surface area contributed by atoms with Gasteiger partial charge in [-0.05, 0) is 65.0 Å². The van der Waals surface area contributed by atoms with Crippen LogP contribution in [-0.2, 0) is 10.8 Å². The first-order chi connectivity index (χ1) is 14.1. The summed E-state index contributed by atoms with van der Waals surface area (Å²) in [6.45, 7) is 16.3. The number of anilines is 2. The van der Waals surface area contributed by atoms with Gasteiger partial charge in [-0.25, -0.2) is 0 Å². The largest absolute Gasteiger partial charge is 0.368 e. The summed E-state index contributed by atoms with van der Waals surface area (Å²) in [5.41, 5.74) is 7.75. The van der Waals surface area contributed by atoms with Crippen LogP contribution in [0.2, 0.25) is 0 Å². The Kier molecular flexibility index (Phi) is 4.51. The molecule has 2 heteroatoms. The summed E-state index contributed by atoms with van der Waals surface area (Å²) in [6, 6.07) is 18.0. The smallest absolute Gasteiger partial charge is 0.0611 e. The Bertz CT molecular complexity index is 929. The van der Waals surface area contributed by atoms with Crippen LogP contribution in [0.15, 0.2) is 42.5 Å². The van der Waals surface area contributed by atoms with Gasteiger partial charge in [0.05, 0.1) is 6.04 Å². The second kappa shape index (κ2) is 6.77. The highest BCUT2D eigenvalue weighted by atomic mass is 15.3. The summed E-state index contributed by atoms with van der Waals surface area (Å²) in [6.07, 6.45) is 4.01. The van der Waals surface area contributed by atoms with E-state index in [4.69, 9.17) is 0 Å². The zero-order valence-electron chi connectivity index (χ0n) is 19.7. The maximum absolute atomic E-state index is 2.75. The van der Waals surface area contributed by atoms with E-state index in [9.17, 15) is 0 Å². The van der Waals surface area contributed by atoms with Gasteiger partial charge in [-0.1, -0.05) is 65.8 Å². The number of fused-ring (bicyclic) bond motifs is 6. The van der Waals surface area contributed by atoms with Crippen LogP contribution in [0, 0.1) is 5.92 Å². The fraction of sp³-hybridized carbons (Fsp3) is 0.571. The maximum Gasteiger partial charge on any atom is 0.0611 e. The lowest BCUT2D eigenvalue weighted by molar-refractivity contribution is 0.373. The molecule has 0 spiro atoms. The summed E-state index contributed by atoms with van der Waals surface area (Å²) in [4.78, 5) is 5.47. The first-order valence-electron chi connectivity index (χ1n) is 11.9. The molecule has 30 heavy (non-hydrogen) atoms. The van der Waals surface area contributed by atoms with Crippen molar-refractivity contribution in [2.75, 3.05) is 22.9 Å². The minimum atomic E-state index is 0.185. The van der Waals surface area contributed by atoms with Gasteiger partial charge < -0.3 is 9.80 Å². The van der Waals surface area contributed by atoms with Crippen molar-refractivity contribution >= 4 is 11.4 Å². The molecule has 2 aromatic rings. The van der Waals surface area contributed by atoms with Gasteiger partial charge in [-0.2, -0.15) is 0 Å². The van der Waals surface area contributed by atoms with E-state index in [1.165, 1.54) is 54.9 Å². The molecule has 0 aromatic heterocycles. The fourth-order valence-electron chi connectivity index (χ4n) is 6.12. The van der Waals surface area contributed by atoms with Crippen molar-refractivity contribution in [3.05, 3.63) is 59.2 Å². The maximum atomic E-state index is 2.75. The molecule has 3 heterocycles. The Morgan fingerprint density at radius 1 is 0.733 bits per heavy atom. The SMILES string of the molecule is CC(C)(C)c1ccc(N2CC[C@H]3C4CCCN4c4ccc(C(C)(C)C)cc4[C@H]32)cc1. The summed E-state index contributed by atoms with van der Waals surface area (Å²) in [7, 11) is 0. The predicted octanol–water partition coefficient (Wildman–Crippen LogP) is 6.83. The number of rotatable bonds is 1. The topological polar surface area (TPSA) is 6.48 Å². The molecule has 3 aliphatic heterocycles. The van der Waals surface area contributed by atoms with Crippen LogP contribution in [0.4, 0.5) is 11.4 Å². The number of nitrogens with zero attached hydrogens (tertiary/aromatic N) is 2. The molecule has 0 bridgehead atoms. The van der Waals surface area contributed by atoms with Crippen molar-refractivity contribution in [3.8, 4) is 0 Å². The molecule has 160 valence electrons. The summed E-state index contributed by atoms with van der Waals surface area (Å²) in [5.74, 6) is 0.748. The Morgan fingerprint density at radius 2 is 1.40 bits per heavy atom. The molecular formula is C28H38N2. The van der Waals surface area contributed by atoms with Gasteiger partial charge in [-0.15, -0.1) is 0 Å². The van der Waals surface area contributed by atoms with Crippen molar-refractivity contribution in [2.45, 2.75) is 83.7 Å². The van der Waals surface area contributed by atoms with Gasteiger partial charge in [0.1, 0.15) is 0 Å². The van der Waals surface area contributed by atoms with E-state index in [0.717, 1.165) is 12.0 Å². The lowest BCUT2D eigenvalue weighted by atomic mass is 9.78. The fourth-order valence-corrected chi connectivity index (χ4v) is 6.12. The minimum Gasteiger partial charge on any atom is -0.368 e. The van der Waals surface area contributed by atoms with Crippen molar-refractivity contribution < 1.29 is 0 Å². The van der Waals surface area contributed by atoms with Crippen molar-refractivity contribution in [2.24, 2.45) is 5.92 Å². The molecule has 2 aromatic carbocycles. The minimum absolute atomic E-state index is 0.185. The standard InChI is InChI=1S/C28H38N2/c1-27(2,3)19-9-12-21(13-10-19)29-17-15-22-24-8-7-16-30(24)25-14-11-20(28(4,5)6)18-23(25)26(22)29/h9-14,18,22,24,26H,7-8,15-17H2,1-6H3/t22-,24?,26-/m0/s1. The molecular weight excluding hydrogens is 364 g/mol. The van der Waals surface area contributed by atoms with Crippen LogP contribution in [0.25, 0.3) is 0 Å². The number of hydrogen-bond acceptors (Lipinski definition) is 2. The zero-order valence-corrected chi connectivity index (χ0v) is 19.7. The first-order valence-corrected chi connectivity index (χ1v) is 11.9. The quantitative estimate of drug-likeness (QED) is 0.516. The predicted molar refractivity (Wildman–Crippen MR) is 129 cm³/mol. The highest BCUT2D eigenvalue weighted by molar-refractivity contribution is 5.65. The van der Waals surface area contributed by atoms with E-state index in [0.29, 0.717) is 6.04 Å². The molecule has 2 saturated heterocycles. The van der Waals surface area contributed by atoms with E-state index < -0.39 is 0 Å². The molecule has 0 radical (unpaired) electrons. The molecule has 2 nitrogen and oxygen atoms in total. The third-order valence-electron chi connectivity index (χ3n) is 7.82. The molecule has 5 rings (SSSR count). The monoisotopic (exact) mass is 402 g/mol. The third kappa shape index (κ3) is 3.15. The van der Waals surface area contributed by atoms with Crippen LogP contribution in [-0.4, -0.2) is 19.1 Å². The molecule has 0 N–H and O–H groups in total. The van der Waals surface area contributed by atoms with Crippen molar-refractivity contribution in [1.82, 2.24) is 0 Å². The van der Waals surface area contributed by atoms with E-state index in [2.05, 4.69) is 93.8 Å². The third-order valence-corrected chi connectivity index (χ3v) is 7.82. The summed E-state index contributed by atoms with van der Waals surface area (Å²) >= 11 is 0. The van der Waals surface area contributed by atoms with Gasteiger partial charge in [0, 0.05) is 36.4 Å². The van der Waals surface area contributed by atoms with Crippen LogP contribution >= 0.6 is 0 Å². The molecule has 0 aliphatic carbocycles. The molecule has 2 fully saturated rings. The lowest BCUT2D eigenvalue weighted by Crippen LogP contribution is -2.44.